The molecule has 2 rings (SSSR count). The highest BCUT2D eigenvalue weighted by atomic mass is 32.2. The van der Waals surface area contributed by atoms with Crippen molar-refractivity contribution in [1.29, 1.82) is 0 Å². The predicted octanol–water partition coefficient (Wildman–Crippen LogP) is 1.93. The minimum Gasteiger partial charge on any atom is -0.343 e. The number of likely N-dealkylation sites (tertiary alicyclic amines) is 1. The second kappa shape index (κ2) is 8.15. The number of rotatable bonds is 7. The third-order valence-electron chi connectivity index (χ3n) is 4.53. The number of amides is 1. The molecule has 1 aromatic rings. The van der Waals surface area contributed by atoms with Crippen molar-refractivity contribution >= 4 is 17.7 Å². The average Bonchev–Trinajstić information content (AvgIpc) is 3.07. The van der Waals surface area contributed by atoms with Gasteiger partial charge in [-0.1, -0.05) is 6.92 Å². The van der Waals surface area contributed by atoms with Crippen molar-refractivity contribution in [2.75, 3.05) is 26.4 Å². The van der Waals surface area contributed by atoms with Gasteiger partial charge in [-0.25, -0.2) is 9.37 Å². The van der Waals surface area contributed by atoms with Crippen LogP contribution in [0.1, 0.15) is 25.6 Å². The number of carbonyl (C=O) groups excluding carboxylic acids is 1. The average molecular weight is 342 g/mol. The van der Waals surface area contributed by atoms with E-state index in [1.54, 1.807) is 22.9 Å². The Labute approximate surface area is 142 Å². The molecule has 0 spiro atoms. The molecule has 3 atom stereocenters. The van der Waals surface area contributed by atoms with Gasteiger partial charge in [0.15, 0.2) is 0 Å². The van der Waals surface area contributed by atoms with Gasteiger partial charge in [0.05, 0.1) is 11.8 Å². The van der Waals surface area contributed by atoms with Gasteiger partial charge in [-0.2, -0.15) is 11.8 Å². The first kappa shape index (κ1) is 18.3. The van der Waals surface area contributed by atoms with Crippen LogP contribution >= 0.6 is 11.8 Å². The van der Waals surface area contributed by atoms with Gasteiger partial charge in [-0.3, -0.25) is 9.69 Å². The van der Waals surface area contributed by atoms with Crippen molar-refractivity contribution in [3.05, 3.63) is 18.2 Å². The summed E-state index contributed by atoms with van der Waals surface area (Å²) in [5.41, 5.74) is 0. The van der Waals surface area contributed by atoms with Crippen molar-refractivity contribution in [2.45, 2.75) is 43.8 Å². The number of hydrogen-bond acceptors (Lipinski definition) is 4. The molecule has 0 unspecified atom stereocenters. The van der Waals surface area contributed by atoms with Crippen LogP contribution in [0.2, 0.25) is 0 Å². The molecule has 7 heteroatoms. The zero-order valence-corrected chi connectivity index (χ0v) is 15.2. The van der Waals surface area contributed by atoms with E-state index in [4.69, 9.17) is 0 Å². The maximum Gasteiger partial charge on any atom is 0.235 e. The first-order chi connectivity index (χ1) is 11.0. The van der Waals surface area contributed by atoms with Gasteiger partial charge >= 0.3 is 0 Å². The van der Waals surface area contributed by atoms with Crippen LogP contribution in [-0.2, 0) is 18.4 Å². The molecule has 1 aromatic heterocycles. The monoisotopic (exact) mass is 342 g/mol. The first-order valence-electron chi connectivity index (χ1n) is 8.08. The molecule has 2 heterocycles. The van der Waals surface area contributed by atoms with E-state index in [0.29, 0.717) is 26.1 Å². The number of carbonyl (C=O) groups is 1. The van der Waals surface area contributed by atoms with Crippen molar-refractivity contribution in [1.82, 2.24) is 19.4 Å². The summed E-state index contributed by atoms with van der Waals surface area (Å²) in [7, 11) is 3.77. The van der Waals surface area contributed by atoms with Crippen LogP contribution in [0.15, 0.2) is 12.4 Å². The van der Waals surface area contributed by atoms with Gasteiger partial charge in [-0.15, -0.1) is 0 Å². The molecule has 0 saturated carbocycles. The van der Waals surface area contributed by atoms with E-state index in [9.17, 15) is 9.18 Å². The van der Waals surface area contributed by atoms with E-state index in [1.165, 1.54) is 0 Å². The standard InChI is InChI=1S/C16H27FN4OS/c1-5-14(23-4)16(22)20(3)10-13-8-12(17)9-21(13)11-15-18-6-7-19(15)2/h6-7,12-14H,5,8-11H2,1-4H3/t12-,13-,14+/m0/s1. The summed E-state index contributed by atoms with van der Waals surface area (Å²) in [5.74, 6) is 1.06. The second-order valence-electron chi connectivity index (χ2n) is 6.22. The summed E-state index contributed by atoms with van der Waals surface area (Å²) in [6, 6.07) is 0.0509. The van der Waals surface area contributed by atoms with Crippen molar-refractivity contribution < 1.29 is 9.18 Å². The van der Waals surface area contributed by atoms with E-state index in [2.05, 4.69) is 9.88 Å². The highest BCUT2D eigenvalue weighted by Crippen LogP contribution is 2.24. The fourth-order valence-electron chi connectivity index (χ4n) is 3.13. The first-order valence-corrected chi connectivity index (χ1v) is 9.37. The minimum atomic E-state index is -0.828. The molecule has 0 radical (unpaired) electrons. The predicted molar refractivity (Wildman–Crippen MR) is 92.2 cm³/mol. The van der Waals surface area contributed by atoms with Crippen LogP contribution in [0.25, 0.3) is 0 Å². The number of nitrogens with zero attached hydrogens (tertiary/aromatic N) is 4. The highest BCUT2D eigenvalue weighted by molar-refractivity contribution is 7.99. The third-order valence-corrected chi connectivity index (χ3v) is 5.64. The number of halogens is 1. The van der Waals surface area contributed by atoms with Crippen LogP contribution in [-0.4, -0.2) is 69.1 Å². The molecule has 1 fully saturated rings. The minimum absolute atomic E-state index is 0.00873. The summed E-state index contributed by atoms with van der Waals surface area (Å²) >= 11 is 1.58. The van der Waals surface area contributed by atoms with Gasteiger partial charge in [0.1, 0.15) is 12.0 Å². The fraction of sp³-hybridized carbons (Fsp3) is 0.750. The molecule has 0 bridgehead atoms. The van der Waals surface area contributed by atoms with Crippen molar-refractivity contribution in [3.63, 3.8) is 0 Å². The van der Waals surface area contributed by atoms with Crippen LogP contribution in [0.3, 0.4) is 0 Å². The number of hydrogen-bond donors (Lipinski definition) is 0. The van der Waals surface area contributed by atoms with E-state index in [-0.39, 0.29) is 17.2 Å². The lowest BCUT2D eigenvalue weighted by molar-refractivity contribution is -0.130. The Bertz CT molecular complexity index is 520. The zero-order chi connectivity index (χ0) is 17.0. The van der Waals surface area contributed by atoms with Crippen LogP contribution in [0.4, 0.5) is 4.39 Å². The van der Waals surface area contributed by atoms with Crippen molar-refractivity contribution in [2.24, 2.45) is 7.05 Å². The van der Waals surface area contributed by atoms with Gasteiger partial charge in [0, 0.05) is 45.6 Å². The van der Waals surface area contributed by atoms with E-state index < -0.39 is 6.17 Å². The molecule has 0 aromatic carbocycles. The number of imidazole rings is 1. The Kier molecular flexibility index (Phi) is 6.47. The molecule has 1 aliphatic heterocycles. The van der Waals surface area contributed by atoms with E-state index in [1.807, 2.05) is 38.0 Å². The number of likely N-dealkylation sites (N-methyl/N-ethyl adjacent to an activating group) is 1. The molecule has 23 heavy (non-hydrogen) atoms. The summed E-state index contributed by atoms with van der Waals surface area (Å²) in [4.78, 5) is 20.6. The van der Waals surface area contributed by atoms with Gasteiger partial charge in [0.25, 0.3) is 0 Å². The summed E-state index contributed by atoms with van der Waals surface area (Å²) < 4.78 is 15.9. The lowest BCUT2D eigenvalue weighted by Crippen LogP contribution is -2.43. The Morgan fingerprint density at radius 1 is 1.61 bits per heavy atom. The molecule has 0 N–H and O–H groups in total. The smallest absolute Gasteiger partial charge is 0.235 e. The maximum absolute atomic E-state index is 13.9. The van der Waals surface area contributed by atoms with Crippen LogP contribution in [0.5, 0.6) is 0 Å². The number of alkyl halides is 1. The zero-order valence-electron chi connectivity index (χ0n) is 14.4. The van der Waals surface area contributed by atoms with Gasteiger partial charge < -0.3 is 9.47 Å². The van der Waals surface area contributed by atoms with Crippen LogP contribution < -0.4 is 0 Å². The lowest BCUT2D eigenvalue weighted by atomic mass is 10.2. The summed E-state index contributed by atoms with van der Waals surface area (Å²) in [6.45, 7) is 3.63. The fourth-order valence-corrected chi connectivity index (χ4v) is 3.85. The summed E-state index contributed by atoms with van der Waals surface area (Å²) in [6.07, 6.45) is 6.09. The Hall–Kier alpha value is -1.08. The topological polar surface area (TPSA) is 41.4 Å². The molecular formula is C16H27FN4OS. The number of aromatic nitrogens is 2. The quantitative estimate of drug-likeness (QED) is 0.759. The SMILES string of the molecule is CC[C@@H](SC)C(=O)N(C)C[C@@H]1C[C@H](F)CN1Cc1nccn1C. The second-order valence-corrected chi connectivity index (χ2v) is 7.26. The van der Waals surface area contributed by atoms with Crippen LogP contribution in [0, 0.1) is 0 Å². The Morgan fingerprint density at radius 2 is 2.35 bits per heavy atom. The molecule has 1 amide bonds. The molecule has 5 nitrogen and oxygen atoms in total. The summed E-state index contributed by atoms with van der Waals surface area (Å²) in [5, 5.41) is -0.00873. The number of thioether (sulfide) groups is 1. The molecule has 130 valence electrons. The van der Waals surface area contributed by atoms with E-state index in [0.717, 1.165) is 12.2 Å². The normalized spacial score (nSPS) is 23.2. The maximum atomic E-state index is 13.9. The van der Waals surface area contributed by atoms with Gasteiger partial charge in [0.2, 0.25) is 5.91 Å². The lowest BCUT2D eigenvalue weighted by Gasteiger charge is -2.29. The molecular weight excluding hydrogens is 315 g/mol. The molecule has 1 saturated heterocycles. The van der Waals surface area contributed by atoms with Crippen molar-refractivity contribution in [3.8, 4) is 0 Å². The molecule has 0 aliphatic carbocycles. The Balaban J connectivity index is 1.99. The largest absolute Gasteiger partial charge is 0.343 e. The van der Waals surface area contributed by atoms with Gasteiger partial charge in [-0.05, 0) is 19.1 Å². The number of aryl methyl sites for hydroxylation is 1. The third kappa shape index (κ3) is 4.47. The highest BCUT2D eigenvalue weighted by Gasteiger charge is 2.34. The Morgan fingerprint density at radius 3 is 2.91 bits per heavy atom. The van der Waals surface area contributed by atoms with E-state index >= 15 is 0 Å². The molecule has 1 aliphatic rings.